The Morgan fingerprint density at radius 2 is 2.15 bits per heavy atom. The molecule has 0 bridgehead atoms. The zero-order chi connectivity index (χ0) is 12.8. The molecular formula is C13H23Cl2N3OS. The first-order chi connectivity index (χ1) is 8.75. The van der Waals surface area contributed by atoms with Gasteiger partial charge in [0.2, 0.25) is 5.91 Å². The summed E-state index contributed by atoms with van der Waals surface area (Å²) in [5.74, 6) is 0.507. The Bertz CT molecular complexity index is 376. The first-order valence-electron chi connectivity index (χ1n) is 6.66. The molecule has 1 aromatic rings. The Balaban J connectivity index is 0.00000180. The van der Waals surface area contributed by atoms with Gasteiger partial charge in [-0.05, 0) is 18.8 Å². The number of rotatable bonds is 5. The van der Waals surface area contributed by atoms with Crippen molar-refractivity contribution in [3.63, 3.8) is 0 Å². The number of nitrogens with two attached hydrogens (primary N) is 1. The Hall–Kier alpha value is -0.360. The second-order valence-corrected chi connectivity index (χ2v) is 5.92. The summed E-state index contributed by atoms with van der Waals surface area (Å²) in [6, 6.07) is 0.212. The van der Waals surface area contributed by atoms with Gasteiger partial charge in [-0.15, -0.1) is 36.2 Å². The van der Waals surface area contributed by atoms with E-state index in [0.29, 0.717) is 18.9 Å². The van der Waals surface area contributed by atoms with Crippen LogP contribution in [0.15, 0.2) is 11.6 Å². The van der Waals surface area contributed by atoms with Crippen molar-refractivity contribution >= 4 is 42.1 Å². The molecule has 2 unspecified atom stereocenters. The monoisotopic (exact) mass is 339 g/mol. The topological polar surface area (TPSA) is 68.0 Å². The third-order valence-corrected chi connectivity index (χ3v) is 4.40. The van der Waals surface area contributed by atoms with Gasteiger partial charge in [-0.25, -0.2) is 4.98 Å². The fourth-order valence-corrected chi connectivity index (χ4v) is 3.11. The van der Waals surface area contributed by atoms with Gasteiger partial charge in [-0.1, -0.05) is 12.8 Å². The molecule has 1 aromatic heterocycles. The molecule has 20 heavy (non-hydrogen) atoms. The molecule has 0 aromatic carbocycles. The number of carbonyl (C=O) groups is 1. The lowest BCUT2D eigenvalue weighted by atomic mass is 9.83. The van der Waals surface area contributed by atoms with Crippen LogP contribution in [0, 0.1) is 5.92 Å². The Morgan fingerprint density at radius 3 is 2.80 bits per heavy atom. The molecule has 1 aliphatic carbocycles. The van der Waals surface area contributed by atoms with E-state index in [1.165, 1.54) is 12.8 Å². The lowest BCUT2D eigenvalue weighted by molar-refractivity contribution is -0.122. The van der Waals surface area contributed by atoms with E-state index in [9.17, 15) is 4.79 Å². The minimum Gasteiger partial charge on any atom is -0.356 e. The van der Waals surface area contributed by atoms with E-state index < -0.39 is 0 Å². The largest absolute Gasteiger partial charge is 0.356 e. The van der Waals surface area contributed by atoms with Crippen LogP contribution >= 0.6 is 36.2 Å². The van der Waals surface area contributed by atoms with Gasteiger partial charge in [0, 0.05) is 37.0 Å². The first kappa shape index (κ1) is 19.6. The number of carbonyl (C=O) groups excluding carboxylic acids is 1. The SMILES string of the molecule is Cl.Cl.NC1CCCCC1CC(=O)NCCc1nccs1. The maximum Gasteiger partial charge on any atom is 0.220 e. The third kappa shape index (κ3) is 6.39. The zero-order valence-electron chi connectivity index (χ0n) is 11.4. The highest BCUT2D eigenvalue weighted by Crippen LogP contribution is 2.25. The van der Waals surface area contributed by atoms with Gasteiger partial charge in [0.1, 0.15) is 0 Å². The molecular weight excluding hydrogens is 317 g/mol. The van der Waals surface area contributed by atoms with E-state index in [-0.39, 0.29) is 36.8 Å². The number of amides is 1. The van der Waals surface area contributed by atoms with Crippen LogP contribution in [0.2, 0.25) is 0 Å². The second kappa shape index (κ2) is 10.4. The predicted octanol–water partition coefficient (Wildman–Crippen LogP) is 2.55. The maximum absolute atomic E-state index is 11.8. The molecule has 1 amide bonds. The summed E-state index contributed by atoms with van der Waals surface area (Å²) in [6.07, 6.45) is 7.79. The fraction of sp³-hybridized carbons (Fsp3) is 0.692. The van der Waals surface area contributed by atoms with Crippen LogP contribution < -0.4 is 11.1 Å². The van der Waals surface area contributed by atoms with Crippen LogP contribution in [-0.2, 0) is 11.2 Å². The van der Waals surface area contributed by atoms with Gasteiger partial charge in [0.05, 0.1) is 5.01 Å². The zero-order valence-corrected chi connectivity index (χ0v) is 13.9. The minimum atomic E-state index is 0. The molecule has 0 radical (unpaired) electrons. The van der Waals surface area contributed by atoms with Gasteiger partial charge in [0.25, 0.3) is 0 Å². The van der Waals surface area contributed by atoms with Crippen LogP contribution in [0.3, 0.4) is 0 Å². The van der Waals surface area contributed by atoms with Crippen LogP contribution in [0.4, 0.5) is 0 Å². The van der Waals surface area contributed by atoms with Crippen molar-refractivity contribution in [1.82, 2.24) is 10.3 Å². The summed E-state index contributed by atoms with van der Waals surface area (Å²) in [5.41, 5.74) is 6.04. The van der Waals surface area contributed by atoms with E-state index in [4.69, 9.17) is 5.73 Å². The molecule has 0 saturated heterocycles. The Labute approximate surface area is 136 Å². The molecule has 116 valence electrons. The highest BCUT2D eigenvalue weighted by molar-refractivity contribution is 7.09. The molecule has 7 heteroatoms. The normalized spacial score (nSPS) is 21.4. The maximum atomic E-state index is 11.8. The number of halogens is 2. The number of nitrogens with zero attached hydrogens (tertiary/aromatic N) is 1. The quantitative estimate of drug-likeness (QED) is 0.866. The standard InChI is InChI=1S/C13H21N3OS.2ClH/c14-11-4-2-1-3-10(11)9-12(17)15-6-5-13-16-7-8-18-13;;/h7-8,10-11H,1-6,9,14H2,(H,15,17);2*1H. The van der Waals surface area contributed by atoms with Crippen molar-refractivity contribution in [3.05, 3.63) is 16.6 Å². The first-order valence-corrected chi connectivity index (χ1v) is 7.54. The van der Waals surface area contributed by atoms with Gasteiger partial charge >= 0.3 is 0 Å². The van der Waals surface area contributed by atoms with Crippen molar-refractivity contribution in [2.24, 2.45) is 11.7 Å². The van der Waals surface area contributed by atoms with E-state index in [1.54, 1.807) is 17.5 Å². The van der Waals surface area contributed by atoms with E-state index in [2.05, 4.69) is 10.3 Å². The summed E-state index contributed by atoms with van der Waals surface area (Å²) in [6.45, 7) is 0.675. The van der Waals surface area contributed by atoms with Crippen molar-refractivity contribution in [1.29, 1.82) is 0 Å². The molecule has 0 spiro atoms. The van der Waals surface area contributed by atoms with E-state index in [1.807, 2.05) is 5.38 Å². The van der Waals surface area contributed by atoms with Crippen molar-refractivity contribution in [2.75, 3.05) is 6.54 Å². The number of nitrogens with one attached hydrogen (secondary N) is 1. The van der Waals surface area contributed by atoms with E-state index >= 15 is 0 Å². The number of hydrogen-bond acceptors (Lipinski definition) is 4. The molecule has 0 aliphatic heterocycles. The molecule has 2 atom stereocenters. The fourth-order valence-electron chi connectivity index (χ4n) is 2.49. The van der Waals surface area contributed by atoms with Gasteiger partial charge in [-0.3, -0.25) is 4.79 Å². The highest BCUT2D eigenvalue weighted by atomic mass is 35.5. The van der Waals surface area contributed by atoms with Gasteiger partial charge < -0.3 is 11.1 Å². The minimum absolute atomic E-state index is 0. The summed E-state index contributed by atoms with van der Waals surface area (Å²) in [4.78, 5) is 16.0. The Morgan fingerprint density at radius 1 is 1.40 bits per heavy atom. The molecule has 1 saturated carbocycles. The molecule has 1 heterocycles. The highest BCUT2D eigenvalue weighted by Gasteiger charge is 2.23. The average Bonchev–Trinajstić information content (AvgIpc) is 2.85. The number of aromatic nitrogens is 1. The van der Waals surface area contributed by atoms with Crippen molar-refractivity contribution in [2.45, 2.75) is 44.6 Å². The molecule has 3 N–H and O–H groups in total. The number of hydrogen-bond donors (Lipinski definition) is 2. The summed E-state index contributed by atoms with van der Waals surface area (Å²) >= 11 is 1.63. The Kier molecular flexibility index (Phi) is 10.2. The van der Waals surface area contributed by atoms with Crippen molar-refractivity contribution in [3.8, 4) is 0 Å². The lowest BCUT2D eigenvalue weighted by Gasteiger charge is -2.27. The smallest absolute Gasteiger partial charge is 0.220 e. The molecule has 4 nitrogen and oxygen atoms in total. The second-order valence-electron chi connectivity index (χ2n) is 4.94. The van der Waals surface area contributed by atoms with Crippen LogP contribution in [0.5, 0.6) is 0 Å². The molecule has 1 aliphatic rings. The van der Waals surface area contributed by atoms with Crippen LogP contribution in [-0.4, -0.2) is 23.5 Å². The van der Waals surface area contributed by atoms with Crippen LogP contribution in [0.25, 0.3) is 0 Å². The van der Waals surface area contributed by atoms with E-state index in [0.717, 1.165) is 24.3 Å². The molecule has 1 fully saturated rings. The summed E-state index contributed by atoms with van der Waals surface area (Å²) < 4.78 is 0. The van der Waals surface area contributed by atoms with Gasteiger partial charge in [-0.2, -0.15) is 0 Å². The lowest BCUT2D eigenvalue weighted by Crippen LogP contribution is -2.37. The summed E-state index contributed by atoms with van der Waals surface area (Å²) in [7, 11) is 0. The predicted molar refractivity (Wildman–Crippen MR) is 87.9 cm³/mol. The van der Waals surface area contributed by atoms with Crippen molar-refractivity contribution < 1.29 is 4.79 Å². The average molecular weight is 340 g/mol. The third-order valence-electron chi connectivity index (χ3n) is 3.56. The number of thiazole rings is 1. The van der Waals surface area contributed by atoms with Crippen LogP contribution in [0.1, 0.15) is 37.1 Å². The molecule has 2 rings (SSSR count). The van der Waals surface area contributed by atoms with Gasteiger partial charge in [0.15, 0.2) is 0 Å². The summed E-state index contributed by atoms with van der Waals surface area (Å²) in [5, 5.41) is 5.99.